The standard InChI is InChI=1S/C12H19NO3S/c1-12(2,3)9-6-7-11(16-4)10(8-9)13-17(5,14)15/h6-8,13H,1-5H3. The molecule has 17 heavy (non-hydrogen) atoms. The maximum atomic E-state index is 11.3. The monoisotopic (exact) mass is 257 g/mol. The van der Waals surface area contributed by atoms with Crippen molar-refractivity contribution in [2.75, 3.05) is 18.1 Å². The summed E-state index contributed by atoms with van der Waals surface area (Å²) >= 11 is 0. The fourth-order valence-corrected chi connectivity index (χ4v) is 2.01. The number of nitrogens with one attached hydrogen (secondary N) is 1. The van der Waals surface area contributed by atoms with Crippen LogP contribution in [0.15, 0.2) is 18.2 Å². The van der Waals surface area contributed by atoms with E-state index in [1.54, 1.807) is 12.1 Å². The van der Waals surface area contributed by atoms with Gasteiger partial charge in [-0.3, -0.25) is 4.72 Å². The summed E-state index contributed by atoms with van der Waals surface area (Å²) in [6.45, 7) is 6.21. The van der Waals surface area contributed by atoms with E-state index in [1.165, 1.54) is 7.11 Å². The zero-order valence-electron chi connectivity index (χ0n) is 10.9. The Hall–Kier alpha value is -1.23. The van der Waals surface area contributed by atoms with Crippen LogP contribution in [0.2, 0.25) is 0 Å². The van der Waals surface area contributed by atoms with Crippen LogP contribution in [-0.4, -0.2) is 21.8 Å². The number of anilines is 1. The van der Waals surface area contributed by atoms with E-state index in [0.717, 1.165) is 11.8 Å². The van der Waals surface area contributed by atoms with Gasteiger partial charge in [-0.05, 0) is 23.1 Å². The molecule has 0 radical (unpaired) electrons. The molecule has 0 unspecified atom stereocenters. The van der Waals surface area contributed by atoms with Crippen molar-refractivity contribution in [3.05, 3.63) is 23.8 Å². The number of hydrogen-bond donors (Lipinski definition) is 1. The minimum absolute atomic E-state index is 0.0415. The van der Waals surface area contributed by atoms with Gasteiger partial charge in [0.15, 0.2) is 0 Å². The summed E-state index contributed by atoms with van der Waals surface area (Å²) in [5.41, 5.74) is 1.48. The number of benzene rings is 1. The Bertz CT molecular complexity index is 501. The molecule has 0 aliphatic rings. The van der Waals surface area contributed by atoms with Crippen molar-refractivity contribution in [2.24, 2.45) is 0 Å². The maximum absolute atomic E-state index is 11.3. The predicted octanol–water partition coefficient (Wildman–Crippen LogP) is 2.36. The van der Waals surface area contributed by atoms with E-state index in [9.17, 15) is 8.42 Å². The Morgan fingerprint density at radius 1 is 1.24 bits per heavy atom. The van der Waals surface area contributed by atoms with Gasteiger partial charge in [0, 0.05) is 0 Å². The first-order chi connectivity index (χ1) is 7.63. The highest BCUT2D eigenvalue weighted by Crippen LogP contribution is 2.31. The second-order valence-corrected chi connectivity index (χ2v) is 6.79. The Balaban J connectivity index is 3.25. The average Bonchev–Trinajstić information content (AvgIpc) is 2.13. The van der Waals surface area contributed by atoms with Crippen LogP contribution in [0, 0.1) is 0 Å². The van der Waals surface area contributed by atoms with E-state index in [1.807, 2.05) is 6.07 Å². The lowest BCUT2D eigenvalue weighted by Gasteiger charge is -2.21. The van der Waals surface area contributed by atoms with Gasteiger partial charge in [-0.25, -0.2) is 8.42 Å². The highest BCUT2D eigenvalue weighted by Gasteiger charge is 2.17. The molecule has 0 bridgehead atoms. The molecule has 1 rings (SSSR count). The molecule has 0 heterocycles. The van der Waals surface area contributed by atoms with Gasteiger partial charge in [0.05, 0.1) is 19.1 Å². The molecule has 0 amide bonds. The van der Waals surface area contributed by atoms with E-state index in [4.69, 9.17) is 4.74 Å². The summed E-state index contributed by atoms with van der Waals surface area (Å²) in [4.78, 5) is 0. The van der Waals surface area contributed by atoms with Crippen molar-refractivity contribution in [2.45, 2.75) is 26.2 Å². The third kappa shape index (κ3) is 3.93. The summed E-state index contributed by atoms with van der Waals surface area (Å²) in [6.07, 6.45) is 1.12. The molecule has 96 valence electrons. The fourth-order valence-electron chi connectivity index (χ4n) is 1.45. The Morgan fingerprint density at radius 3 is 2.24 bits per heavy atom. The van der Waals surface area contributed by atoms with Crippen molar-refractivity contribution in [1.29, 1.82) is 0 Å². The van der Waals surface area contributed by atoms with Gasteiger partial charge in [0.2, 0.25) is 10.0 Å². The van der Waals surface area contributed by atoms with Crippen LogP contribution in [0.3, 0.4) is 0 Å². The van der Waals surface area contributed by atoms with Gasteiger partial charge in [-0.2, -0.15) is 0 Å². The molecular formula is C12H19NO3S. The first-order valence-electron chi connectivity index (χ1n) is 5.30. The van der Waals surface area contributed by atoms with E-state index < -0.39 is 10.0 Å². The first kappa shape index (κ1) is 13.8. The lowest BCUT2D eigenvalue weighted by atomic mass is 9.87. The molecule has 4 nitrogen and oxygen atoms in total. The van der Waals surface area contributed by atoms with Gasteiger partial charge in [-0.1, -0.05) is 26.8 Å². The van der Waals surface area contributed by atoms with Crippen LogP contribution in [-0.2, 0) is 15.4 Å². The normalized spacial score (nSPS) is 12.3. The molecule has 0 atom stereocenters. The molecule has 0 fully saturated rings. The highest BCUT2D eigenvalue weighted by molar-refractivity contribution is 7.92. The van der Waals surface area contributed by atoms with Gasteiger partial charge < -0.3 is 4.74 Å². The maximum Gasteiger partial charge on any atom is 0.229 e. The zero-order valence-corrected chi connectivity index (χ0v) is 11.7. The SMILES string of the molecule is COc1ccc(C(C)(C)C)cc1NS(C)(=O)=O. The highest BCUT2D eigenvalue weighted by atomic mass is 32.2. The van der Waals surface area contributed by atoms with Crippen LogP contribution in [0.4, 0.5) is 5.69 Å². The van der Waals surface area contributed by atoms with Crippen LogP contribution in [0.25, 0.3) is 0 Å². The van der Waals surface area contributed by atoms with Crippen LogP contribution in [0.1, 0.15) is 26.3 Å². The zero-order chi connectivity index (χ0) is 13.3. The van der Waals surface area contributed by atoms with Crippen molar-refractivity contribution in [1.82, 2.24) is 0 Å². The molecule has 0 aliphatic heterocycles. The molecule has 0 aromatic heterocycles. The van der Waals surface area contributed by atoms with E-state index in [2.05, 4.69) is 25.5 Å². The predicted molar refractivity (Wildman–Crippen MR) is 70.2 cm³/mol. The number of rotatable bonds is 3. The van der Waals surface area contributed by atoms with Gasteiger partial charge in [0.25, 0.3) is 0 Å². The molecule has 1 aromatic carbocycles. The summed E-state index contributed by atoms with van der Waals surface area (Å²) in [5, 5.41) is 0. The average molecular weight is 257 g/mol. The molecule has 5 heteroatoms. The number of methoxy groups -OCH3 is 1. The molecule has 0 saturated heterocycles. The van der Waals surface area contributed by atoms with Crippen molar-refractivity contribution in [3.63, 3.8) is 0 Å². The van der Waals surface area contributed by atoms with E-state index >= 15 is 0 Å². The Kier molecular flexibility index (Phi) is 3.71. The largest absolute Gasteiger partial charge is 0.495 e. The summed E-state index contributed by atoms with van der Waals surface area (Å²) in [7, 11) is -1.79. The van der Waals surface area contributed by atoms with Gasteiger partial charge >= 0.3 is 0 Å². The first-order valence-corrected chi connectivity index (χ1v) is 7.19. The molecule has 0 saturated carbocycles. The number of ether oxygens (including phenoxy) is 1. The van der Waals surface area contributed by atoms with Crippen LogP contribution >= 0.6 is 0 Å². The minimum Gasteiger partial charge on any atom is -0.495 e. The van der Waals surface area contributed by atoms with E-state index in [0.29, 0.717) is 11.4 Å². The van der Waals surface area contributed by atoms with Gasteiger partial charge in [0.1, 0.15) is 5.75 Å². The third-order valence-electron chi connectivity index (χ3n) is 2.36. The van der Waals surface area contributed by atoms with Gasteiger partial charge in [-0.15, -0.1) is 0 Å². The molecule has 1 aromatic rings. The van der Waals surface area contributed by atoms with E-state index in [-0.39, 0.29) is 5.41 Å². The lowest BCUT2D eigenvalue weighted by Crippen LogP contribution is -2.14. The smallest absolute Gasteiger partial charge is 0.229 e. The van der Waals surface area contributed by atoms with Crippen molar-refractivity contribution in [3.8, 4) is 5.75 Å². The quantitative estimate of drug-likeness (QED) is 0.904. The second kappa shape index (κ2) is 4.56. The summed E-state index contributed by atoms with van der Waals surface area (Å²) < 4.78 is 30.1. The third-order valence-corrected chi connectivity index (χ3v) is 2.95. The summed E-state index contributed by atoms with van der Waals surface area (Å²) in [6, 6.07) is 5.51. The molecular weight excluding hydrogens is 238 g/mol. The van der Waals surface area contributed by atoms with Crippen molar-refractivity contribution < 1.29 is 13.2 Å². The minimum atomic E-state index is -3.30. The van der Waals surface area contributed by atoms with Crippen LogP contribution < -0.4 is 9.46 Å². The van der Waals surface area contributed by atoms with Crippen molar-refractivity contribution >= 4 is 15.7 Å². The Labute approximate surface area is 103 Å². The fraction of sp³-hybridized carbons (Fsp3) is 0.500. The lowest BCUT2D eigenvalue weighted by molar-refractivity contribution is 0.416. The molecule has 0 spiro atoms. The topological polar surface area (TPSA) is 55.4 Å². The number of hydrogen-bond acceptors (Lipinski definition) is 3. The van der Waals surface area contributed by atoms with Crippen LogP contribution in [0.5, 0.6) is 5.75 Å². The molecule has 1 N–H and O–H groups in total. The molecule has 0 aliphatic carbocycles. The number of sulfonamides is 1. The Morgan fingerprint density at radius 2 is 1.82 bits per heavy atom. The summed E-state index contributed by atoms with van der Waals surface area (Å²) in [5.74, 6) is 0.517. The second-order valence-electron chi connectivity index (χ2n) is 5.04.